The zero-order valence-electron chi connectivity index (χ0n) is 28.9. The summed E-state index contributed by atoms with van der Waals surface area (Å²) in [5.74, 6) is 0.0928. The predicted octanol–water partition coefficient (Wildman–Crippen LogP) is 7.00. The highest BCUT2D eigenvalue weighted by Gasteiger charge is 2.48. The van der Waals surface area contributed by atoms with Crippen molar-refractivity contribution in [3.63, 3.8) is 0 Å². The zero-order chi connectivity index (χ0) is 35.8. The average molecular weight is 736 g/mol. The Morgan fingerprint density at radius 1 is 1.24 bits per heavy atom. The van der Waals surface area contributed by atoms with Crippen LogP contribution in [-0.4, -0.2) is 83.2 Å². The van der Waals surface area contributed by atoms with Crippen LogP contribution in [0, 0.1) is 34.8 Å². The van der Waals surface area contributed by atoms with Gasteiger partial charge in [0, 0.05) is 56.0 Å². The van der Waals surface area contributed by atoms with Crippen molar-refractivity contribution in [3.8, 4) is 29.0 Å². The molecule has 2 aromatic heterocycles. The van der Waals surface area contributed by atoms with Gasteiger partial charge in [0.15, 0.2) is 11.6 Å². The number of nitrogens with zero attached hydrogens (tertiary/aromatic N) is 6. The molecule has 1 amide bonds. The third-order valence-electron chi connectivity index (χ3n) is 11.0. The number of hydrogen-bond donors (Lipinski definition) is 1. The average Bonchev–Trinajstić information content (AvgIpc) is 3.70. The fraction of sp³-hybridized carbons (Fsp3) is 0.514. The standard InChI is InChI=1S/C37H40ClF2N7O3S/c1-19(2)16-45-10-11-47-21(13-25(45)48)7-12-49-32-28-31(43-36(44-35(28)47)50-18-37-8-4-9-46(37)17-20(3)14-37)30(40)27(29(32)38)22-5-6-24(39)33-26(22)23(15-41)34(42)51-33/h5-6,19-21H,4,7-14,16-18,42H2,1-3H3/t20-,21?,37+/m1/s1. The molecular formula is C37H40ClF2N7O3S. The number of rotatable bonds is 6. The number of aromatic nitrogens is 2. The van der Waals surface area contributed by atoms with Crippen LogP contribution in [0.4, 0.5) is 19.6 Å². The fourth-order valence-electron chi connectivity index (χ4n) is 8.85. The number of anilines is 2. The molecular weight excluding hydrogens is 696 g/mol. The summed E-state index contributed by atoms with van der Waals surface area (Å²) in [6.07, 6.45) is 3.81. The van der Waals surface area contributed by atoms with Gasteiger partial charge in [0.25, 0.3) is 0 Å². The Morgan fingerprint density at radius 3 is 2.84 bits per heavy atom. The molecule has 0 bridgehead atoms. The topological polar surface area (TPSA) is 121 Å². The minimum Gasteiger partial charge on any atom is -0.491 e. The Morgan fingerprint density at radius 2 is 2.06 bits per heavy atom. The lowest BCUT2D eigenvalue weighted by molar-refractivity contribution is -0.131. The summed E-state index contributed by atoms with van der Waals surface area (Å²) in [5, 5.41) is 10.5. The van der Waals surface area contributed by atoms with E-state index in [1.807, 2.05) is 4.90 Å². The quantitative estimate of drug-likeness (QED) is 0.223. The number of hydrogen-bond acceptors (Lipinski definition) is 10. The number of benzene rings is 2. The van der Waals surface area contributed by atoms with Crippen molar-refractivity contribution >= 4 is 60.7 Å². The Labute approximate surface area is 304 Å². The summed E-state index contributed by atoms with van der Waals surface area (Å²) in [6, 6.07) is 4.44. The van der Waals surface area contributed by atoms with Crippen LogP contribution in [-0.2, 0) is 4.79 Å². The van der Waals surface area contributed by atoms with Gasteiger partial charge < -0.3 is 25.0 Å². The van der Waals surface area contributed by atoms with Crippen LogP contribution in [0.3, 0.4) is 0 Å². The van der Waals surface area contributed by atoms with Crippen molar-refractivity contribution in [2.45, 2.75) is 64.5 Å². The van der Waals surface area contributed by atoms with Crippen LogP contribution in [0.5, 0.6) is 11.8 Å². The molecule has 6 heterocycles. The molecule has 1 unspecified atom stereocenters. The van der Waals surface area contributed by atoms with Gasteiger partial charge in [0.05, 0.1) is 32.8 Å². The van der Waals surface area contributed by atoms with Crippen molar-refractivity contribution in [3.05, 3.63) is 34.4 Å². The smallest absolute Gasteiger partial charge is 0.319 e. The predicted molar refractivity (Wildman–Crippen MR) is 195 cm³/mol. The van der Waals surface area contributed by atoms with Crippen LogP contribution >= 0.6 is 22.9 Å². The summed E-state index contributed by atoms with van der Waals surface area (Å²) in [7, 11) is 0. The van der Waals surface area contributed by atoms with Gasteiger partial charge in [-0.1, -0.05) is 38.4 Å². The molecule has 0 saturated carbocycles. The second-order valence-corrected chi connectivity index (χ2v) is 16.4. The normalized spacial score (nSPS) is 23.6. The van der Waals surface area contributed by atoms with Crippen LogP contribution in [0.15, 0.2) is 12.1 Å². The van der Waals surface area contributed by atoms with E-state index < -0.39 is 11.6 Å². The van der Waals surface area contributed by atoms with Crippen molar-refractivity contribution in [2.75, 3.05) is 56.6 Å². The highest BCUT2D eigenvalue weighted by Crippen LogP contribution is 2.51. The summed E-state index contributed by atoms with van der Waals surface area (Å²) in [6.45, 7) is 10.5. The molecule has 51 heavy (non-hydrogen) atoms. The number of nitriles is 1. The first-order chi connectivity index (χ1) is 24.5. The number of fused-ring (bicyclic) bond motifs is 4. The molecule has 4 aliphatic heterocycles. The fourth-order valence-corrected chi connectivity index (χ4v) is 10.1. The monoisotopic (exact) mass is 735 g/mol. The molecule has 2 N–H and O–H groups in total. The SMILES string of the molecule is CC(C)CN1CCN2c3nc(OC[C@@]45CCCN4C[C@H](C)C5)nc4c(F)c(-c5ccc(F)c6sc(N)c(C#N)c56)c(Cl)c(c34)OCCC2CC1=O. The van der Waals surface area contributed by atoms with E-state index in [0.717, 1.165) is 43.7 Å². The number of amides is 1. The number of ether oxygens (including phenoxy) is 2. The molecule has 4 aromatic rings. The van der Waals surface area contributed by atoms with Crippen molar-refractivity contribution in [1.29, 1.82) is 5.26 Å². The second kappa shape index (κ2) is 12.9. The van der Waals surface area contributed by atoms with Crippen LogP contribution in [0.25, 0.3) is 32.1 Å². The second-order valence-electron chi connectivity index (χ2n) is 14.9. The van der Waals surface area contributed by atoms with Gasteiger partial charge in [0.1, 0.15) is 34.8 Å². The van der Waals surface area contributed by atoms with E-state index in [-0.39, 0.29) is 90.0 Å². The molecule has 14 heteroatoms. The van der Waals surface area contributed by atoms with Crippen molar-refractivity contribution in [2.24, 2.45) is 11.8 Å². The maximum absolute atomic E-state index is 17.4. The molecule has 10 nitrogen and oxygen atoms in total. The molecule has 4 aliphatic rings. The van der Waals surface area contributed by atoms with E-state index >= 15 is 8.78 Å². The third kappa shape index (κ3) is 5.61. The van der Waals surface area contributed by atoms with E-state index in [1.54, 1.807) is 0 Å². The van der Waals surface area contributed by atoms with E-state index in [2.05, 4.69) is 36.6 Å². The number of thiophene rings is 1. The van der Waals surface area contributed by atoms with Crippen molar-refractivity contribution in [1.82, 2.24) is 19.8 Å². The number of nitrogens with two attached hydrogens (primary N) is 1. The highest BCUT2D eigenvalue weighted by atomic mass is 35.5. The summed E-state index contributed by atoms with van der Waals surface area (Å²) in [5.41, 5.74) is 6.11. The molecule has 2 aromatic carbocycles. The lowest BCUT2D eigenvalue weighted by atomic mass is 9.92. The van der Waals surface area contributed by atoms with Gasteiger partial charge in [-0.05, 0) is 49.3 Å². The minimum atomic E-state index is -0.781. The molecule has 0 radical (unpaired) electrons. The molecule has 3 atom stereocenters. The Balaban J connectivity index is 1.34. The van der Waals surface area contributed by atoms with Gasteiger partial charge in [-0.3, -0.25) is 9.69 Å². The number of carbonyl (C=O) groups excluding carboxylic acids is 1. The van der Waals surface area contributed by atoms with Gasteiger partial charge in [-0.15, -0.1) is 11.3 Å². The molecule has 0 spiro atoms. The molecule has 268 valence electrons. The maximum atomic E-state index is 17.4. The number of nitrogen functional groups attached to an aromatic ring is 1. The lowest BCUT2D eigenvalue weighted by Crippen LogP contribution is -2.43. The summed E-state index contributed by atoms with van der Waals surface area (Å²) >= 11 is 8.06. The Hall–Kier alpha value is -3.99. The lowest BCUT2D eigenvalue weighted by Gasteiger charge is -2.34. The summed E-state index contributed by atoms with van der Waals surface area (Å²) < 4.78 is 45.5. The summed E-state index contributed by atoms with van der Waals surface area (Å²) in [4.78, 5) is 29.6. The van der Waals surface area contributed by atoms with Crippen LogP contribution < -0.4 is 20.1 Å². The number of carbonyl (C=O) groups is 1. The largest absolute Gasteiger partial charge is 0.491 e. The minimum absolute atomic E-state index is 0.0204. The van der Waals surface area contributed by atoms with Gasteiger partial charge in [-0.25, -0.2) is 8.78 Å². The molecule has 8 rings (SSSR count). The van der Waals surface area contributed by atoms with Crippen molar-refractivity contribution < 1.29 is 23.0 Å². The van der Waals surface area contributed by atoms with Gasteiger partial charge in [0.2, 0.25) is 5.91 Å². The van der Waals surface area contributed by atoms with Gasteiger partial charge >= 0.3 is 6.01 Å². The van der Waals surface area contributed by atoms with Gasteiger partial charge in [-0.2, -0.15) is 15.2 Å². The highest BCUT2D eigenvalue weighted by molar-refractivity contribution is 7.23. The first kappa shape index (κ1) is 34.1. The Kier molecular flexibility index (Phi) is 8.63. The van der Waals surface area contributed by atoms with E-state index in [4.69, 9.17) is 36.8 Å². The van der Waals surface area contributed by atoms with E-state index in [1.165, 1.54) is 12.1 Å². The zero-order valence-corrected chi connectivity index (χ0v) is 30.5. The molecule has 0 aliphatic carbocycles. The van der Waals surface area contributed by atoms with Crippen LogP contribution in [0.2, 0.25) is 5.02 Å². The molecule has 3 saturated heterocycles. The first-order valence-corrected chi connectivity index (χ1v) is 18.9. The van der Waals surface area contributed by atoms with Crippen LogP contribution in [0.1, 0.15) is 58.4 Å². The van der Waals surface area contributed by atoms with E-state index in [0.29, 0.717) is 50.3 Å². The molecule has 3 fully saturated rings. The Bertz CT molecular complexity index is 2120. The first-order valence-electron chi connectivity index (χ1n) is 17.7. The van der Waals surface area contributed by atoms with E-state index in [9.17, 15) is 10.1 Å². The maximum Gasteiger partial charge on any atom is 0.319 e. The third-order valence-corrected chi connectivity index (χ3v) is 12.4. The number of halogens is 3.